The summed E-state index contributed by atoms with van der Waals surface area (Å²) >= 11 is 0. The normalized spacial score (nSPS) is 10.6. The number of rotatable bonds is 3. The van der Waals surface area contributed by atoms with Gasteiger partial charge in [-0.25, -0.2) is 13.1 Å². The van der Waals surface area contributed by atoms with E-state index in [1.165, 1.54) is 11.1 Å². The van der Waals surface area contributed by atoms with Gasteiger partial charge < -0.3 is 5.73 Å². The fraction of sp³-hybridized carbons (Fsp3) is 0.500. The Balaban J connectivity index is 0.000000325. The van der Waals surface area contributed by atoms with Gasteiger partial charge in [0.25, 0.3) is 0 Å². The highest BCUT2D eigenvalue weighted by molar-refractivity contribution is 7.88. The molecule has 1 aromatic carbocycles. The molecule has 0 aliphatic rings. The summed E-state index contributed by atoms with van der Waals surface area (Å²) in [7, 11) is -2.92. The molecule has 0 atom stereocenters. The monoisotopic (exact) mass is 258 g/mol. The molecule has 17 heavy (non-hydrogen) atoms. The van der Waals surface area contributed by atoms with E-state index >= 15 is 0 Å². The van der Waals surface area contributed by atoms with E-state index in [9.17, 15) is 8.42 Å². The Kier molecular flexibility index (Phi) is 6.83. The van der Waals surface area contributed by atoms with Crippen LogP contribution in [0.15, 0.2) is 18.2 Å². The SMILES string of the molecule is CCNS(C)(=O)=O.CCc1ccc(N)c(C)c1. The van der Waals surface area contributed by atoms with E-state index in [0.717, 1.165) is 18.4 Å². The first kappa shape index (κ1) is 15.9. The summed E-state index contributed by atoms with van der Waals surface area (Å²) in [5, 5.41) is 0. The van der Waals surface area contributed by atoms with Crippen LogP contribution in [0.3, 0.4) is 0 Å². The van der Waals surface area contributed by atoms with E-state index in [2.05, 4.69) is 23.8 Å². The van der Waals surface area contributed by atoms with Crippen LogP contribution >= 0.6 is 0 Å². The number of nitrogens with one attached hydrogen (secondary N) is 1. The summed E-state index contributed by atoms with van der Waals surface area (Å²) in [6.45, 7) is 6.39. The van der Waals surface area contributed by atoms with Crippen LogP contribution in [0.5, 0.6) is 0 Å². The number of hydrogen-bond acceptors (Lipinski definition) is 3. The van der Waals surface area contributed by atoms with Crippen molar-refractivity contribution >= 4 is 15.7 Å². The largest absolute Gasteiger partial charge is 0.399 e. The quantitative estimate of drug-likeness (QED) is 0.810. The summed E-state index contributed by atoms with van der Waals surface area (Å²) in [6.07, 6.45) is 2.22. The zero-order valence-electron chi connectivity index (χ0n) is 10.9. The second kappa shape index (κ2) is 7.29. The van der Waals surface area contributed by atoms with Gasteiger partial charge in [0.05, 0.1) is 6.26 Å². The van der Waals surface area contributed by atoms with E-state index in [1.807, 2.05) is 13.0 Å². The van der Waals surface area contributed by atoms with Crippen molar-refractivity contribution in [2.75, 3.05) is 18.5 Å². The summed E-state index contributed by atoms with van der Waals surface area (Å²) in [6, 6.07) is 6.17. The van der Waals surface area contributed by atoms with E-state index in [0.29, 0.717) is 6.54 Å². The zero-order chi connectivity index (χ0) is 13.5. The number of benzene rings is 1. The van der Waals surface area contributed by atoms with Gasteiger partial charge >= 0.3 is 0 Å². The minimum Gasteiger partial charge on any atom is -0.399 e. The number of aryl methyl sites for hydroxylation is 2. The molecular formula is C12H22N2O2S. The Hall–Kier alpha value is -1.07. The van der Waals surface area contributed by atoms with Crippen LogP contribution < -0.4 is 10.5 Å². The van der Waals surface area contributed by atoms with Crippen molar-refractivity contribution in [1.29, 1.82) is 0 Å². The van der Waals surface area contributed by atoms with E-state index in [4.69, 9.17) is 5.73 Å². The molecule has 0 aromatic heterocycles. The summed E-state index contributed by atoms with van der Waals surface area (Å²) < 4.78 is 22.5. The molecule has 0 saturated heterocycles. The first-order chi connectivity index (χ1) is 7.80. The second-order valence-corrected chi connectivity index (χ2v) is 5.65. The maximum absolute atomic E-state index is 10.1. The maximum atomic E-state index is 10.1. The number of anilines is 1. The van der Waals surface area contributed by atoms with Crippen molar-refractivity contribution in [3.05, 3.63) is 29.3 Å². The van der Waals surface area contributed by atoms with Crippen LogP contribution in [-0.4, -0.2) is 21.2 Å². The Morgan fingerprint density at radius 2 is 1.88 bits per heavy atom. The Morgan fingerprint density at radius 3 is 2.18 bits per heavy atom. The van der Waals surface area contributed by atoms with Crippen LogP contribution in [-0.2, 0) is 16.4 Å². The molecule has 0 amide bonds. The minimum absolute atomic E-state index is 0.471. The molecule has 0 radical (unpaired) electrons. The molecule has 4 nitrogen and oxygen atoms in total. The summed E-state index contributed by atoms with van der Waals surface area (Å²) in [5.74, 6) is 0. The van der Waals surface area contributed by atoms with Gasteiger partial charge in [0.1, 0.15) is 0 Å². The van der Waals surface area contributed by atoms with Gasteiger partial charge in [-0.3, -0.25) is 0 Å². The highest BCUT2D eigenvalue weighted by Crippen LogP contribution is 2.12. The maximum Gasteiger partial charge on any atom is 0.208 e. The highest BCUT2D eigenvalue weighted by atomic mass is 32.2. The molecule has 0 aliphatic heterocycles. The van der Waals surface area contributed by atoms with E-state index < -0.39 is 10.0 Å². The number of nitrogens with two attached hydrogens (primary N) is 1. The third-order valence-corrected chi connectivity index (χ3v) is 2.96. The molecule has 3 N–H and O–H groups in total. The lowest BCUT2D eigenvalue weighted by atomic mass is 10.1. The molecule has 0 heterocycles. The fourth-order valence-corrected chi connectivity index (χ4v) is 1.74. The Labute approximate surface area is 104 Å². The summed E-state index contributed by atoms with van der Waals surface area (Å²) in [4.78, 5) is 0. The van der Waals surface area contributed by atoms with E-state index in [1.54, 1.807) is 6.92 Å². The average Bonchev–Trinajstić information content (AvgIpc) is 2.21. The molecule has 98 valence electrons. The van der Waals surface area contributed by atoms with Gasteiger partial charge in [0.15, 0.2) is 0 Å². The third kappa shape index (κ3) is 7.76. The zero-order valence-corrected chi connectivity index (χ0v) is 11.8. The van der Waals surface area contributed by atoms with Crippen LogP contribution in [0.2, 0.25) is 0 Å². The molecule has 0 saturated carbocycles. The Bertz CT molecular complexity index is 442. The standard InChI is InChI=1S/C9H13N.C3H9NO2S/c1-3-8-4-5-9(10)7(2)6-8;1-3-4-7(2,5)6/h4-6H,3,10H2,1-2H3;4H,3H2,1-2H3. The second-order valence-electron chi connectivity index (χ2n) is 3.81. The lowest BCUT2D eigenvalue weighted by Gasteiger charge is -2.01. The average molecular weight is 258 g/mol. The molecule has 0 aliphatic carbocycles. The van der Waals surface area contributed by atoms with Crippen molar-refractivity contribution in [2.45, 2.75) is 27.2 Å². The van der Waals surface area contributed by atoms with Gasteiger partial charge in [0.2, 0.25) is 10.0 Å². The van der Waals surface area contributed by atoms with Crippen molar-refractivity contribution in [1.82, 2.24) is 4.72 Å². The van der Waals surface area contributed by atoms with Crippen molar-refractivity contribution < 1.29 is 8.42 Å². The van der Waals surface area contributed by atoms with Gasteiger partial charge in [-0.15, -0.1) is 0 Å². The van der Waals surface area contributed by atoms with Crippen molar-refractivity contribution in [2.24, 2.45) is 0 Å². The molecule has 0 unspecified atom stereocenters. The van der Waals surface area contributed by atoms with Crippen LogP contribution in [0.1, 0.15) is 25.0 Å². The van der Waals surface area contributed by atoms with Crippen molar-refractivity contribution in [3.8, 4) is 0 Å². The molecule has 5 heteroatoms. The molecule has 1 aromatic rings. The smallest absolute Gasteiger partial charge is 0.208 e. The van der Waals surface area contributed by atoms with Gasteiger partial charge in [-0.2, -0.15) is 0 Å². The molecule has 0 fully saturated rings. The van der Waals surface area contributed by atoms with Crippen LogP contribution in [0.25, 0.3) is 0 Å². The lowest BCUT2D eigenvalue weighted by Crippen LogP contribution is -2.20. The van der Waals surface area contributed by atoms with Crippen molar-refractivity contribution in [3.63, 3.8) is 0 Å². The molecule has 0 bridgehead atoms. The van der Waals surface area contributed by atoms with E-state index in [-0.39, 0.29) is 0 Å². The van der Waals surface area contributed by atoms with Gasteiger partial charge in [0, 0.05) is 12.2 Å². The third-order valence-electron chi connectivity index (χ3n) is 2.15. The number of sulfonamides is 1. The number of nitrogen functional groups attached to an aromatic ring is 1. The Morgan fingerprint density at radius 1 is 1.29 bits per heavy atom. The predicted octanol–water partition coefficient (Wildman–Crippen LogP) is 1.70. The number of hydrogen-bond donors (Lipinski definition) is 2. The highest BCUT2D eigenvalue weighted by Gasteiger charge is 1.93. The summed E-state index contributed by atoms with van der Waals surface area (Å²) in [5.41, 5.74) is 9.06. The molecule has 0 spiro atoms. The predicted molar refractivity (Wildman–Crippen MR) is 73.5 cm³/mol. The van der Waals surface area contributed by atoms with Crippen LogP contribution in [0, 0.1) is 6.92 Å². The first-order valence-electron chi connectivity index (χ1n) is 5.59. The topological polar surface area (TPSA) is 72.2 Å². The van der Waals surface area contributed by atoms with Crippen LogP contribution in [0.4, 0.5) is 5.69 Å². The fourth-order valence-electron chi connectivity index (χ4n) is 1.22. The van der Waals surface area contributed by atoms with Gasteiger partial charge in [-0.05, 0) is 30.5 Å². The minimum atomic E-state index is -2.92. The lowest BCUT2D eigenvalue weighted by molar-refractivity contribution is 0.590. The van der Waals surface area contributed by atoms with Gasteiger partial charge in [-0.1, -0.05) is 26.0 Å². The molecular weight excluding hydrogens is 236 g/mol. The first-order valence-corrected chi connectivity index (χ1v) is 7.49. The molecule has 1 rings (SSSR count).